The molecular formula is C19H26FNO3. The maximum atomic E-state index is 13.6. The molecule has 0 bridgehead atoms. The average Bonchev–Trinajstić information content (AvgIpc) is 3.08. The van der Waals surface area contributed by atoms with Crippen LogP contribution in [0.3, 0.4) is 0 Å². The Morgan fingerprint density at radius 1 is 1.25 bits per heavy atom. The largest absolute Gasteiger partial charge is 0.455 e. The molecule has 1 amide bonds. The smallest absolute Gasteiger partial charge is 0.317 e. The van der Waals surface area contributed by atoms with Crippen LogP contribution >= 0.6 is 0 Å². The highest BCUT2D eigenvalue weighted by Gasteiger charge is 2.44. The van der Waals surface area contributed by atoms with Crippen LogP contribution in [0.2, 0.25) is 0 Å². The first-order chi connectivity index (χ1) is 11.5. The molecule has 0 spiro atoms. The zero-order valence-electron chi connectivity index (χ0n) is 14.4. The van der Waals surface area contributed by atoms with E-state index in [0.29, 0.717) is 18.4 Å². The zero-order valence-corrected chi connectivity index (χ0v) is 14.4. The molecule has 1 saturated carbocycles. The molecule has 4 nitrogen and oxygen atoms in total. The van der Waals surface area contributed by atoms with Gasteiger partial charge in [0, 0.05) is 6.04 Å². The van der Waals surface area contributed by atoms with Crippen molar-refractivity contribution in [3.63, 3.8) is 0 Å². The molecule has 5 heteroatoms. The number of halogens is 1. The van der Waals surface area contributed by atoms with Gasteiger partial charge in [-0.3, -0.25) is 9.59 Å². The second-order valence-electron chi connectivity index (χ2n) is 6.46. The number of nitrogens with one attached hydrogen (secondary N) is 1. The van der Waals surface area contributed by atoms with Crippen LogP contribution in [0.4, 0.5) is 4.39 Å². The Hall–Kier alpha value is -1.91. The SMILES string of the molecule is CCC(CC)NC(=O)COC(=O)C1(c2cccc(F)c2)CCCC1. The molecule has 1 aromatic carbocycles. The van der Waals surface area contributed by atoms with Crippen LogP contribution in [0.5, 0.6) is 0 Å². The van der Waals surface area contributed by atoms with Crippen LogP contribution in [0, 0.1) is 5.82 Å². The number of carbonyl (C=O) groups excluding carboxylic acids is 2. The summed E-state index contributed by atoms with van der Waals surface area (Å²) in [6, 6.07) is 6.23. The van der Waals surface area contributed by atoms with Gasteiger partial charge in [-0.25, -0.2) is 4.39 Å². The number of hydrogen-bond donors (Lipinski definition) is 1. The Morgan fingerprint density at radius 2 is 1.92 bits per heavy atom. The summed E-state index contributed by atoms with van der Waals surface area (Å²) in [5.74, 6) is -1.08. The van der Waals surface area contributed by atoms with Crippen LogP contribution in [0.15, 0.2) is 24.3 Å². The van der Waals surface area contributed by atoms with Gasteiger partial charge >= 0.3 is 5.97 Å². The van der Waals surface area contributed by atoms with E-state index < -0.39 is 11.4 Å². The topological polar surface area (TPSA) is 55.4 Å². The lowest BCUT2D eigenvalue weighted by Crippen LogP contribution is -2.40. The van der Waals surface area contributed by atoms with Gasteiger partial charge in [0.1, 0.15) is 5.82 Å². The lowest BCUT2D eigenvalue weighted by molar-refractivity contribution is -0.154. The van der Waals surface area contributed by atoms with Gasteiger partial charge in [0.15, 0.2) is 6.61 Å². The standard InChI is InChI=1S/C19H26FNO3/c1-3-16(4-2)21-17(22)13-24-18(23)19(10-5-6-11-19)14-8-7-9-15(20)12-14/h7-9,12,16H,3-6,10-11,13H2,1-2H3,(H,21,22). The number of benzene rings is 1. The van der Waals surface area contributed by atoms with Crippen molar-refractivity contribution in [3.05, 3.63) is 35.6 Å². The van der Waals surface area contributed by atoms with Gasteiger partial charge in [0.05, 0.1) is 5.41 Å². The van der Waals surface area contributed by atoms with Crippen molar-refractivity contribution in [2.24, 2.45) is 0 Å². The molecule has 0 radical (unpaired) electrons. The first kappa shape index (κ1) is 18.4. The molecule has 24 heavy (non-hydrogen) atoms. The Morgan fingerprint density at radius 3 is 2.50 bits per heavy atom. The molecule has 1 fully saturated rings. The van der Waals surface area contributed by atoms with Crippen LogP contribution in [0.25, 0.3) is 0 Å². The van der Waals surface area contributed by atoms with E-state index in [-0.39, 0.29) is 24.4 Å². The predicted molar refractivity (Wildman–Crippen MR) is 90.0 cm³/mol. The number of carbonyl (C=O) groups is 2. The maximum absolute atomic E-state index is 13.6. The molecule has 132 valence electrons. The summed E-state index contributed by atoms with van der Waals surface area (Å²) in [7, 11) is 0. The molecule has 1 aromatic rings. The van der Waals surface area contributed by atoms with Gasteiger partial charge in [0.25, 0.3) is 5.91 Å². The third-order valence-electron chi connectivity index (χ3n) is 4.91. The lowest BCUT2D eigenvalue weighted by Gasteiger charge is -2.27. The quantitative estimate of drug-likeness (QED) is 0.776. The molecule has 0 aliphatic heterocycles. The minimum Gasteiger partial charge on any atom is -0.455 e. The van der Waals surface area contributed by atoms with Crippen LogP contribution in [-0.2, 0) is 19.7 Å². The van der Waals surface area contributed by atoms with Crippen LogP contribution < -0.4 is 5.32 Å². The average molecular weight is 335 g/mol. The third-order valence-corrected chi connectivity index (χ3v) is 4.91. The first-order valence-electron chi connectivity index (χ1n) is 8.74. The Kier molecular flexibility index (Phi) is 6.35. The number of hydrogen-bond acceptors (Lipinski definition) is 3. The third kappa shape index (κ3) is 4.13. The van der Waals surface area contributed by atoms with Crippen molar-refractivity contribution in [1.29, 1.82) is 0 Å². The second kappa shape index (κ2) is 8.27. The summed E-state index contributed by atoms with van der Waals surface area (Å²) in [5.41, 5.74) is -0.178. The molecule has 0 heterocycles. The molecule has 0 aromatic heterocycles. The van der Waals surface area contributed by atoms with Crippen LogP contribution in [-0.4, -0.2) is 24.5 Å². The van der Waals surface area contributed by atoms with Crippen LogP contribution in [0.1, 0.15) is 57.9 Å². The van der Waals surface area contributed by atoms with Crippen molar-refractivity contribution >= 4 is 11.9 Å². The molecule has 0 atom stereocenters. The fourth-order valence-corrected chi connectivity index (χ4v) is 3.41. The predicted octanol–water partition coefficient (Wildman–Crippen LogP) is 3.49. The number of esters is 1. The summed E-state index contributed by atoms with van der Waals surface area (Å²) in [5, 5.41) is 2.85. The Balaban J connectivity index is 2.04. The van der Waals surface area contributed by atoms with Crippen molar-refractivity contribution in [1.82, 2.24) is 5.32 Å². The van der Waals surface area contributed by atoms with E-state index in [1.165, 1.54) is 12.1 Å². The van der Waals surface area contributed by atoms with Crippen molar-refractivity contribution in [2.45, 2.75) is 63.8 Å². The number of rotatable bonds is 7. The van der Waals surface area contributed by atoms with E-state index in [9.17, 15) is 14.0 Å². The second-order valence-corrected chi connectivity index (χ2v) is 6.46. The van der Waals surface area contributed by atoms with E-state index in [1.807, 2.05) is 13.8 Å². The highest BCUT2D eigenvalue weighted by molar-refractivity contribution is 5.86. The molecule has 0 unspecified atom stereocenters. The first-order valence-corrected chi connectivity index (χ1v) is 8.74. The van der Waals surface area contributed by atoms with Gasteiger partial charge in [-0.15, -0.1) is 0 Å². The summed E-state index contributed by atoms with van der Waals surface area (Å²) in [6.07, 6.45) is 4.72. The Labute approximate surface area is 142 Å². The zero-order chi connectivity index (χ0) is 17.6. The number of ether oxygens (including phenoxy) is 1. The van der Waals surface area contributed by atoms with E-state index in [1.54, 1.807) is 12.1 Å². The number of amides is 1. The van der Waals surface area contributed by atoms with Crippen molar-refractivity contribution < 1.29 is 18.7 Å². The Bertz CT molecular complexity index is 578. The minimum absolute atomic E-state index is 0.0971. The van der Waals surface area contributed by atoms with Crippen molar-refractivity contribution in [2.75, 3.05) is 6.61 Å². The molecular weight excluding hydrogens is 309 g/mol. The van der Waals surface area contributed by atoms with Crippen molar-refractivity contribution in [3.8, 4) is 0 Å². The highest BCUT2D eigenvalue weighted by Crippen LogP contribution is 2.42. The van der Waals surface area contributed by atoms with E-state index >= 15 is 0 Å². The molecule has 0 saturated heterocycles. The minimum atomic E-state index is -0.822. The fourth-order valence-electron chi connectivity index (χ4n) is 3.41. The normalized spacial score (nSPS) is 16.2. The summed E-state index contributed by atoms with van der Waals surface area (Å²) < 4.78 is 18.9. The van der Waals surface area contributed by atoms with E-state index in [4.69, 9.17) is 4.74 Å². The highest BCUT2D eigenvalue weighted by atomic mass is 19.1. The summed E-state index contributed by atoms with van der Waals surface area (Å²) >= 11 is 0. The van der Waals surface area contributed by atoms with Gasteiger partial charge in [-0.1, -0.05) is 38.8 Å². The van der Waals surface area contributed by atoms with Gasteiger partial charge in [-0.05, 0) is 43.4 Å². The van der Waals surface area contributed by atoms with E-state index in [2.05, 4.69) is 5.32 Å². The summed E-state index contributed by atoms with van der Waals surface area (Å²) in [6.45, 7) is 3.71. The summed E-state index contributed by atoms with van der Waals surface area (Å²) in [4.78, 5) is 24.6. The monoisotopic (exact) mass is 335 g/mol. The lowest BCUT2D eigenvalue weighted by atomic mass is 9.79. The molecule has 2 rings (SSSR count). The maximum Gasteiger partial charge on any atom is 0.317 e. The molecule has 1 aliphatic carbocycles. The molecule has 1 N–H and O–H groups in total. The van der Waals surface area contributed by atoms with E-state index in [0.717, 1.165) is 25.7 Å². The molecule has 1 aliphatic rings. The van der Waals surface area contributed by atoms with Gasteiger partial charge in [0.2, 0.25) is 0 Å². The van der Waals surface area contributed by atoms with Gasteiger partial charge in [-0.2, -0.15) is 0 Å². The van der Waals surface area contributed by atoms with Gasteiger partial charge < -0.3 is 10.1 Å². The fraction of sp³-hybridized carbons (Fsp3) is 0.579.